The number of aliphatic hydroxyl groups excluding tert-OH is 1. The molecule has 1 atom stereocenters. The molecule has 2 aromatic rings. The molecule has 1 N–H and O–H groups in total. The maximum absolute atomic E-state index is 13.2. The second kappa shape index (κ2) is 5.14. The van der Waals surface area contributed by atoms with Gasteiger partial charge in [0.2, 0.25) is 0 Å². The van der Waals surface area contributed by atoms with Crippen LogP contribution in [0.4, 0.5) is 4.39 Å². The maximum Gasteiger partial charge on any atom is 0.123 e. The first-order chi connectivity index (χ1) is 8.08. The van der Waals surface area contributed by atoms with Crippen LogP contribution in [-0.4, -0.2) is 5.11 Å². The lowest BCUT2D eigenvalue weighted by molar-refractivity contribution is 0.219. The van der Waals surface area contributed by atoms with Crippen molar-refractivity contribution in [3.05, 3.63) is 68.5 Å². The highest BCUT2D eigenvalue weighted by Crippen LogP contribution is 2.25. The molecule has 3 heteroatoms. The van der Waals surface area contributed by atoms with Gasteiger partial charge in [-0.3, -0.25) is 0 Å². The molecule has 0 aromatic heterocycles. The first-order valence-corrected chi connectivity index (χ1v) is 6.35. The Balaban J connectivity index is 2.39. The van der Waals surface area contributed by atoms with Crippen molar-refractivity contribution in [3.63, 3.8) is 0 Å². The van der Waals surface area contributed by atoms with Gasteiger partial charge >= 0.3 is 0 Å². The van der Waals surface area contributed by atoms with Crippen LogP contribution in [0.5, 0.6) is 0 Å². The molecule has 0 aliphatic heterocycles. The normalized spacial score (nSPS) is 12.5. The lowest BCUT2D eigenvalue weighted by atomic mass is 9.97. The Kier molecular flexibility index (Phi) is 3.79. The van der Waals surface area contributed by atoms with Crippen molar-refractivity contribution in [2.45, 2.75) is 13.0 Å². The van der Waals surface area contributed by atoms with Crippen molar-refractivity contribution in [3.8, 4) is 0 Å². The summed E-state index contributed by atoms with van der Waals surface area (Å²) in [5.41, 5.74) is 2.28. The molecule has 1 unspecified atom stereocenters. The van der Waals surface area contributed by atoms with Gasteiger partial charge in [0.25, 0.3) is 0 Å². The molecule has 17 heavy (non-hydrogen) atoms. The van der Waals surface area contributed by atoms with Crippen molar-refractivity contribution in [1.29, 1.82) is 0 Å². The smallest absolute Gasteiger partial charge is 0.123 e. The molecular weight excluding hydrogens is 330 g/mol. The zero-order valence-electron chi connectivity index (χ0n) is 9.32. The van der Waals surface area contributed by atoms with E-state index in [1.165, 1.54) is 12.1 Å². The summed E-state index contributed by atoms with van der Waals surface area (Å²) in [5, 5.41) is 10.2. The highest BCUT2D eigenvalue weighted by atomic mass is 127. The van der Waals surface area contributed by atoms with E-state index in [2.05, 4.69) is 22.6 Å². The molecule has 2 aromatic carbocycles. The lowest BCUT2D eigenvalue weighted by Crippen LogP contribution is -2.02. The van der Waals surface area contributed by atoms with Gasteiger partial charge in [-0.05, 0) is 70.5 Å². The molecule has 0 heterocycles. The maximum atomic E-state index is 13.2. The van der Waals surface area contributed by atoms with Crippen molar-refractivity contribution < 1.29 is 9.50 Å². The van der Waals surface area contributed by atoms with Gasteiger partial charge in [0.15, 0.2) is 0 Å². The van der Waals surface area contributed by atoms with Gasteiger partial charge in [0, 0.05) is 3.57 Å². The number of halogens is 2. The number of hydrogen-bond donors (Lipinski definition) is 1. The van der Waals surface area contributed by atoms with Gasteiger partial charge < -0.3 is 5.11 Å². The first kappa shape index (κ1) is 12.5. The minimum atomic E-state index is -0.775. The van der Waals surface area contributed by atoms with Crippen molar-refractivity contribution in [2.24, 2.45) is 0 Å². The number of aryl methyl sites for hydroxylation is 1. The Labute approximate surface area is 113 Å². The van der Waals surface area contributed by atoms with E-state index in [1.807, 2.05) is 31.2 Å². The quantitative estimate of drug-likeness (QED) is 0.823. The summed E-state index contributed by atoms with van der Waals surface area (Å²) >= 11 is 2.20. The Bertz CT molecular complexity index is 522. The largest absolute Gasteiger partial charge is 0.384 e. The highest BCUT2D eigenvalue weighted by molar-refractivity contribution is 14.1. The highest BCUT2D eigenvalue weighted by Gasteiger charge is 2.13. The van der Waals surface area contributed by atoms with Crippen LogP contribution in [0.3, 0.4) is 0 Å². The molecule has 0 spiro atoms. The third kappa shape index (κ3) is 2.84. The van der Waals surface area contributed by atoms with E-state index in [0.717, 1.165) is 14.7 Å². The van der Waals surface area contributed by atoms with E-state index in [-0.39, 0.29) is 5.82 Å². The summed E-state index contributed by atoms with van der Waals surface area (Å²) in [6, 6.07) is 12.0. The van der Waals surface area contributed by atoms with Crippen molar-refractivity contribution in [1.82, 2.24) is 0 Å². The van der Waals surface area contributed by atoms with Gasteiger partial charge in [0.05, 0.1) is 0 Å². The third-order valence-electron chi connectivity index (χ3n) is 2.72. The van der Waals surface area contributed by atoms with Gasteiger partial charge in [-0.2, -0.15) is 0 Å². The summed E-state index contributed by atoms with van der Waals surface area (Å²) < 4.78 is 14.3. The van der Waals surface area contributed by atoms with Gasteiger partial charge in [-0.25, -0.2) is 4.39 Å². The predicted octanol–water partition coefficient (Wildman–Crippen LogP) is 3.82. The zero-order chi connectivity index (χ0) is 12.4. The van der Waals surface area contributed by atoms with Crippen LogP contribution in [0.2, 0.25) is 0 Å². The van der Waals surface area contributed by atoms with Crippen molar-refractivity contribution >= 4 is 22.6 Å². The van der Waals surface area contributed by atoms with Gasteiger partial charge in [0.1, 0.15) is 11.9 Å². The van der Waals surface area contributed by atoms with Crippen molar-refractivity contribution in [2.75, 3.05) is 0 Å². The number of rotatable bonds is 2. The summed E-state index contributed by atoms with van der Waals surface area (Å²) in [6.07, 6.45) is -0.775. The number of benzene rings is 2. The second-order valence-corrected chi connectivity index (χ2v) is 5.20. The predicted molar refractivity (Wildman–Crippen MR) is 74.4 cm³/mol. The summed E-state index contributed by atoms with van der Waals surface area (Å²) in [7, 11) is 0. The Morgan fingerprint density at radius 3 is 2.41 bits per heavy atom. The molecule has 0 amide bonds. The molecular formula is C14H12FIO. The number of aliphatic hydroxyl groups is 1. The fourth-order valence-corrected chi connectivity index (χ4v) is 2.09. The molecule has 1 nitrogen and oxygen atoms in total. The first-order valence-electron chi connectivity index (χ1n) is 5.27. The molecule has 0 aliphatic carbocycles. The third-order valence-corrected chi connectivity index (χ3v) is 3.44. The van der Waals surface area contributed by atoms with E-state index in [9.17, 15) is 9.50 Å². The van der Waals surface area contributed by atoms with Crippen LogP contribution >= 0.6 is 22.6 Å². The fourth-order valence-electron chi connectivity index (χ4n) is 1.73. The minimum absolute atomic E-state index is 0.324. The van der Waals surface area contributed by atoms with Crippen LogP contribution in [0.25, 0.3) is 0 Å². The molecule has 0 aliphatic rings. The molecule has 2 rings (SSSR count). The lowest BCUT2D eigenvalue weighted by Gasteiger charge is -2.14. The Hall–Kier alpha value is -0.940. The van der Waals surface area contributed by atoms with Crippen LogP contribution < -0.4 is 0 Å². The minimum Gasteiger partial charge on any atom is -0.384 e. The summed E-state index contributed by atoms with van der Waals surface area (Å²) in [6.45, 7) is 1.87. The molecule has 0 saturated carbocycles. The fraction of sp³-hybridized carbons (Fsp3) is 0.143. The molecule has 0 saturated heterocycles. The number of hydrogen-bond acceptors (Lipinski definition) is 1. The van der Waals surface area contributed by atoms with E-state index in [0.29, 0.717) is 5.56 Å². The topological polar surface area (TPSA) is 20.2 Å². The standard InChI is InChI=1S/C14H12FIO/c1-9-2-5-11(15)8-13(9)14(17)10-3-6-12(16)7-4-10/h2-8,14,17H,1H3. The Morgan fingerprint density at radius 2 is 1.76 bits per heavy atom. The van der Waals surface area contributed by atoms with E-state index in [4.69, 9.17) is 0 Å². The second-order valence-electron chi connectivity index (χ2n) is 3.95. The van der Waals surface area contributed by atoms with E-state index < -0.39 is 6.10 Å². The van der Waals surface area contributed by atoms with Crippen LogP contribution in [0, 0.1) is 16.3 Å². The van der Waals surface area contributed by atoms with E-state index in [1.54, 1.807) is 6.07 Å². The van der Waals surface area contributed by atoms with Crippen LogP contribution in [-0.2, 0) is 0 Å². The van der Waals surface area contributed by atoms with Gasteiger partial charge in [-0.1, -0.05) is 18.2 Å². The van der Waals surface area contributed by atoms with E-state index >= 15 is 0 Å². The van der Waals surface area contributed by atoms with Crippen LogP contribution in [0.15, 0.2) is 42.5 Å². The molecule has 88 valence electrons. The van der Waals surface area contributed by atoms with Gasteiger partial charge in [-0.15, -0.1) is 0 Å². The Morgan fingerprint density at radius 1 is 1.12 bits per heavy atom. The summed E-state index contributed by atoms with van der Waals surface area (Å²) in [4.78, 5) is 0. The average Bonchev–Trinajstić information content (AvgIpc) is 2.32. The average molecular weight is 342 g/mol. The SMILES string of the molecule is Cc1ccc(F)cc1C(O)c1ccc(I)cc1. The summed E-state index contributed by atoms with van der Waals surface area (Å²) in [5.74, 6) is -0.324. The van der Waals surface area contributed by atoms with Crippen LogP contribution in [0.1, 0.15) is 22.8 Å². The molecule has 0 radical (unpaired) electrons. The molecule has 0 bridgehead atoms. The molecule has 0 fully saturated rings. The monoisotopic (exact) mass is 342 g/mol. The zero-order valence-corrected chi connectivity index (χ0v) is 11.5.